The van der Waals surface area contributed by atoms with E-state index in [1.807, 2.05) is 0 Å². The van der Waals surface area contributed by atoms with Crippen LogP contribution in [0.3, 0.4) is 0 Å². The Morgan fingerprint density at radius 3 is 2.47 bits per heavy atom. The van der Waals surface area contributed by atoms with Gasteiger partial charge in [-0.15, -0.1) is 0 Å². The van der Waals surface area contributed by atoms with Gasteiger partial charge in [0.05, 0.1) is 0 Å². The van der Waals surface area contributed by atoms with Gasteiger partial charge in [-0.2, -0.15) is 11.8 Å². The molecule has 0 rings (SSSR count). The van der Waals surface area contributed by atoms with Crippen molar-refractivity contribution >= 4 is 27.8 Å². The number of nitrogens with two attached hydrogens (primary N) is 1. The molecule has 0 heterocycles. The monoisotopic (exact) mass is 256 g/mol. The van der Waals surface area contributed by atoms with Crippen molar-refractivity contribution in [3.05, 3.63) is 0 Å². The standard InChI is InChI=1S/C7H16N2O4S2/c1-3-9-15(12,13)7(8,6(10)11)4-5-14-2/h9H,3-5,8H2,1-2H3,(H,10,11). The number of hydrogen-bond donors (Lipinski definition) is 3. The van der Waals surface area contributed by atoms with Gasteiger partial charge in [-0.3, -0.25) is 0 Å². The molecule has 0 bridgehead atoms. The fourth-order valence-corrected chi connectivity index (χ4v) is 2.82. The Morgan fingerprint density at radius 1 is 1.60 bits per heavy atom. The van der Waals surface area contributed by atoms with E-state index in [4.69, 9.17) is 10.8 Å². The molecule has 0 aromatic rings. The van der Waals surface area contributed by atoms with E-state index in [-0.39, 0.29) is 13.0 Å². The van der Waals surface area contributed by atoms with Crippen LogP contribution in [0.5, 0.6) is 0 Å². The van der Waals surface area contributed by atoms with Crippen LogP contribution in [-0.4, -0.2) is 42.9 Å². The Bertz CT molecular complexity index is 317. The van der Waals surface area contributed by atoms with Gasteiger partial charge in [0.1, 0.15) is 0 Å². The van der Waals surface area contributed by atoms with Crippen molar-refractivity contribution in [2.45, 2.75) is 18.2 Å². The van der Waals surface area contributed by atoms with Crippen molar-refractivity contribution in [2.75, 3.05) is 18.6 Å². The summed E-state index contributed by atoms with van der Waals surface area (Å²) >= 11 is 1.34. The van der Waals surface area contributed by atoms with Crippen LogP contribution in [-0.2, 0) is 14.8 Å². The highest BCUT2D eigenvalue weighted by atomic mass is 32.2. The van der Waals surface area contributed by atoms with E-state index in [0.717, 1.165) is 0 Å². The average Bonchev–Trinajstić information content (AvgIpc) is 2.13. The van der Waals surface area contributed by atoms with E-state index in [1.54, 1.807) is 13.2 Å². The Hall–Kier alpha value is -0.310. The molecule has 6 nitrogen and oxygen atoms in total. The highest BCUT2D eigenvalue weighted by Gasteiger charge is 2.46. The van der Waals surface area contributed by atoms with Crippen molar-refractivity contribution in [3.8, 4) is 0 Å². The van der Waals surface area contributed by atoms with Crippen LogP contribution in [0.1, 0.15) is 13.3 Å². The lowest BCUT2D eigenvalue weighted by atomic mass is 10.2. The second-order valence-electron chi connectivity index (χ2n) is 2.94. The number of thioether (sulfide) groups is 1. The summed E-state index contributed by atoms with van der Waals surface area (Å²) in [6.45, 7) is 1.68. The third kappa shape index (κ3) is 3.33. The second-order valence-corrected chi connectivity index (χ2v) is 5.95. The van der Waals surface area contributed by atoms with Crippen molar-refractivity contribution in [1.82, 2.24) is 4.72 Å². The fourth-order valence-electron chi connectivity index (χ4n) is 0.929. The van der Waals surface area contributed by atoms with Gasteiger partial charge < -0.3 is 10.8 Å². The van der Waals surface area contributed by atoms with Crippen LogP contribution in [0.25, 0.3) is 0 Å². The number of aliphatic carboxylic acids is 1. The van der Waals surface area contributed by atoms with Crippen molar-refractivity contribution in [3.63, 3.8) is 0 Å². The summed E-state index contributed by atoms with van der Waals surface area (Å²) in [4.78, 5) is 8.65. The van der Waals surface area contributed by atoms with Crippen LogP contribution in [0.4, 0.5) is 0 Å². The number of hydrogen-bond acceptors (Lipinski definition) is 5. The summed E-state index contributed by atoms with van der Waals surface area (Å²) in [6.07, 6.45) is 1.63. The molecule has 0 aliphatic rings. The number of nitrogens with one attached hydrogen (secondary N) is 1. The Morgan fingerprint density at radius 2 is 2.13 bits per heavy atom. The maximum atomic E-state index is 11.6. The summed E-state index contributed by atoms with van der Waals surface area (Å²) < 4.78 is 25.3. The van der Waals surface area contributed by atoms with E-state index in [9.17, 15) is 13.2 Å². The minimum Gasteiger partial charge on any atom is -0.479 e. The van der Waals surface area contributed by atoms with Gasteiger partial charge >= 0.3 is 5.97 Å². The van der Waals surface area contributed by atoms with E-state index in [0.29, 0.717) is 5.75 Å². The Kier molecular flexibility index (Phi) is 5.57. The van der Waals surface area contributed by atoms with Crippen molar-refractivity contribution < 1.29 is 18.3 Å². The predicted octanol–water partition coefficient (Wildman–Crippen LogP) is -0.582. The summed E-state index contributed by atoms with van der Waals surface area (Å²) in [5.41, 5.74) is 5.43. The zero-order chi connectivity index (χ0) is 12.1. The van der Waals surface area contributed by atoms with Crippen molar-refractivity contribution in [1.29, 1.82) is 0 Å². The first-order chi connectivity index (χ1) is 6.81. The predicted molar refractivity (Wildman–Crippen MR) is 60.1 cm³/mol. The van der Waals surface area contributed by atoms with Crippen molar-refractivity contribution in [2.24, 2.45) is 5.73 Å². The molecule has 0 aliphatic heterocycles. The number of carbonyl (C=O) groups is 1. The first-order valence-corrected chi connectivity index (χ1v) is 7.20. The molecule has 1 unspecified atom stereocenters. The fraction of sp³-hybridized carbons (Fsp3) is 0.857. The third-order valence-corrected chi connectivity index (χ3v) is 4.47. The van der Waals surface area contributed by atoms with Gasteiger partial charge in [-0.05, 0) is 12.0 Å². The topological polar surface area (TPSA) is 109 Å². The quantitative estimate of drug-likeness (QED) is 0.562. The highest BCUT2D eigenvalue weighted by molar-refractivity contribution is 7.98. The van der Waals surface area contributed by atoms with Crippen LogP contribution in [0.15, 0.2) is 0 Å². The second kappa shape index (κ2) is 5.69. The lowest BCUT2D eigenvalue weighted by Crippen LogP contribution is -2.59. The molecule has 0 aliphatic carbocycles. The first kappa shape index (κ1) is 14.7. The van der Waals surface area contributed by atoms with Gasteiger partial charge in [0.25, 0.3) is 0 Å². The molecule has 4 N–H and O–H groups in total. The normalized spacial score (nSPS) is 15.9. The molecule has 0 radical (unpaired) electrons. The number of sulfonamides is 1. The molecule has 0 amide bonds. The summed E-state index contributed by atoms with van der Waals surface area (Å²) in [5, 5.41) is 8.87. The Labute approximate surface area is 93.7 Å². The molecule has 0 spiro atoms. The smallest absolute Gasteiger partial charge is 0.341 e. The largest absolute Gasteiger partial charge is 0.479 e. The van der Waals surface area contributed by atoms with Crippen LogP contribution in [0.2, 0.25) is 0 Å². The van der Waals surface area contributed by atoms with E-state index in [1.165, 1.54) is 11.8 Å². The molecule has 8 heteroatoms. The summed E-state index contributed by atoms with van der Waals surface area (Å²) in [7, 11) is -4.03. The van der Waals surface area contributed by atoms with Crippen LogP contribution >= 0.6 is 11.8 Å². The molecule has 0 saturated carbocycles. The molecule has 0 saturated heterocycles. The molecule has 0 aromatic heterocycles. The molecule has 0 fully saturated rings. The first-order valence-electron chi connectivity index (χ1n) is 4.32. The van der Waals surface area contributed by atoms with Gasteiger partial charge in [-0.1, -0.05) is 6.92 Å². The maximum Gasteiger partial charge on any atom is 0.341 e. The Balaban J connectivity index is 5.02. The average molecular weight is 256 g/mol. The summed E-state index contributed by atoms with van der Waals surface area (Å²) in [6, 6.07) is 0. The SMILES string of the molecule is CCNS(=O)(=O)C(N)(CCSC)C(=O)O. The minimum absolute atomic E-state index is 0.119. The molecular formula is C7H16N2O4S2. The van der Waals surface area contributed by atoms with E-state index < -0.39 is 20.9 Å². The zero-order valence-electron chi connectivity index (χ0n) is 8.69. The van der Waals surface area contributed by atoms with E-state index >= 15 is 0 Å². The van der Waals surface area contributed by atoms with Gasteiger partial charge in [0.2, 0.25) is 14.9 Å². The zero-order valence-corrected chi connectivity index (χ0v) is 10.3. The minimum atomic E-state index is -4.03. The van der Waals surface area contributed by atoms with Gasteiger partial charge in [-0.25, -0.2) is 17.9 Å². The highest BCUT2D eigenvalue weighted by Crippen LogP contribution is 2.17. The number of rotatable bonds is 7. The number of carboxylic acids is 1. The lowest BCUT2D eigenvalue weighted by Gasteiger charge is -2.24. The van der Waals surface area contributed by atoms with Gasteiger partial charge in [0.15, 0.2) is 0 Å². The third-order valence-electron chi connectivity index (χ3n) is 1.85. The molecule has 0 aromatic carbocycles. The maximum absolute atomic E-state index is 11.6. The van der Waals surface area contributed by atoms with Gasteiger partial charge in [0, 0.05) is 13.0 Å². The lowest BCUT2D eigenvalue weighted by molar-refractivity contribution is -0.140. The molecule has 90 valence electrons. The number of carboxylic acid groups (broad SMARTS) is 1. The molecular weight excluding hydrogens is 240 g/mol. The van der Waals surface area contributed by atoms with Crippen LogP contribution < -0.4 is 10.5 Å². The van der Waals surface area contributed by atoms with Crippen LogP contribution in [0, 0.1) is 0 Å². The van der Waals surface area contributed by atoms with E-state index in [2.05, 4.69) is 4.72 Å². The molecule has 1 atom stereocenters. The summed E-state index contributed by atoms with van der Waals surface area (Å²) in [5.74, 6) is -1.16. The molecule has 15 heavy (non-hydrogen) atoms.